The number of nitrogens with one attached hydrogen (secondary N) is 4. The van der Waals surface area contributed by atoms with Crippen molar-refractivity contribution in [1.82, 2.24) is 30.2 Å². The summed E-state index contributed by atoms with van der Waals surface area (Å²) in [6.45, 7) is 0.207. The molecule has 2 fully saturated rings. The minimum atomic E-state index is -0.590. The van der Waals surface area contributed by atoms with E-state index in [1.165, 1.54) is 35.0 Å². The van der Waals surface area contributed by atoms with Crippen LogP contribution >= 0.6 is 11.6 Å². The molecule has 1 aliphatic heterocycles. The maximum absolute atomic E-state index is 13.6. The van der Waals surface area contributed by atoms with Gasteiger partial charge in [0.05, 0.1) is 6.20 Å². The van der Waals surface area contributed by atoms with E-state index >= 15 is 0 Å². The van der Waals surface area contributed by atoms with Crippen molar-refractivity contribution in [3.63, 3.8) is 0 Å². The molecule has 158 valence electrons. The molecule has 2 aliphatic rings. The number of nitrogens with zero attached hydrogens (tertiary/aromatic N) is 4. The Morgan fingerprint density at radius 3 is 2.84 bits per heavy atom. The monoisotopic (exact) mass is 442 g/mol. The Morgan fingerprint density at radius 2 is 2.10 bits per heavy atom. The highest BCUT2D eigenvalue weighted by Crippen LogP contribution is 2.26. The maximum Gasteiger partial charge on any atom is 0.326 e. The molecule has 3 heterocycles. The van der Waals surface area contributed by atoms with Crippen molar-refractivity contribution in [3.8, 4) is 0 Å². The molecule has 5 rings (SSSR count). The molecule has 0 spiro atoms. The van der Waals surface area contributed by atoms with Crippen LogP contribution in [0.2, 0.25) is 5.02 Å². The number of imide groups is 1. The molecule has 2 aromatic heterocycles. The van der Waals surface area contributed by atoms with Crippen LogP contribution in [0.15, 0.2) is 30.1 Å². The summed E-state index contributed by atoms with van der Waals surface area (Å²) < 4.78 is 15.1. The number of benzene rings is 1. The number of fused-ring (bicyclic) bond motifs is 1. The van der Waals surface area contributed by atoms with E-state index in [1.807, 2.05) is 0 Å². The van der Waals surface area contributed by atoms with Gasteiger partial charge in [-0.25, -0.2) is 9.18 Å². The number of anilines is 2. The molecule has 31 heavy (non-hydrogen) atoms. The smallest absolute Gasteiger partial charge is 0.326 e. The molecule has 1 saturated heterocycles. The normalized spacial score (nSPS) is 17.2. The second-order valence-electron chi connectivity index (χ2n) is 7.18. The SMILES string of the molecule is O=C1NC(=O)/C(=C/c2cnn3c(NC4CC4)nc(NCc4cc(F)ccc4Cl)nc23)N1. The number of urea groups is 1. The Morgan fingerprint density at radius 1 is 1.26 bits per heavy atom. The zero-order valence-electron chi connectivity index (χ0n) is 15.9. The third kappa shape index (κ3) is 3.99. The van der Waals surface area contributed by atoms with Crippen molar-refractivity contribution >= 4 is 47.2 Å². The molecule has 1 saturated carbocycles. The average Bonchev–Trinajstić information content (AvgIpc) is 3.37. The lowest BCUT2D eigenvalue weighted by atomic mass is 10.2. The van der Waals surface area contributed by atoms with Crippen LogP contribution in [0.25, 0.3) is 11.7 Å². The summed E-state index contributed by atoms with van der Waals surface area (Å²) >= 11 is 6.14. The Kier molecular flexibility index (Phi) is 4.66. The molecule has 1 aromatic carbocycles. The van der Waals surface area contributed by atoms with E-state index in [1.54, 1.807) is 0 Å². The first-order valence-electron chi connectivity index (χ1n) is 9.50. The van der Waals surface area contributed by atoms with E-state index in [9.17, 15) is 14.0 Å². The Balaban J connectivity index is 1.50. The second kappa shape index (κ2) is 7.51. The average molecular weight is 443 g/mol. The molecule has 3 aromatic rings. The Labute approximate surface area is 179 Å². The van der Waals surface area contributed by atoms with Crippen LogP contribution < -0.4 is 21.3 Å². The van der Waals surface area contributed by atoms with Crippen molar-refractivity contribution in [2.75, 3.05) is 10.6 Å². The van der Waals surface area contributed by atoms with Crippen LogP contribution in [0.4, 0.5) is 21.1 Å². The van der Waals surface area contributed by atoms with E-state index in [0.29, 0.717) is 33.8 Å². The van der Waals surface area contributed by atoms with Crippen LogP contribution in [-0.4, -0.2) is 37.6 Å². The van der Waals surface area contributed by atoms with Gasteiger partial charge in [-0.3, -0.25) is 10.1 Å². The van der Waals surface area contributed by atoms with Gasteiger partial charge in [-0.2, -0.15) is 19.6 Å². The first-order valence-corrected chi connectivity index (χ1v) is 9.88. The first-order chi connectivity index (χ1) is 15.0. The minimum Gasteiger partial charge on any atom is -0.351 e. The van der Waals surface area contributed by atoms with Gasteiger partial charge in [-0.1, -0.05) is 11.6 Å². The maximum atomic E-state index is 13.6. The summed E-state index contributed by atoms with van der Waals surface area (Å²) in [6.07, 6.45) is 5.07. The second-order valence-corrected chi connectivity index (χ2v) is 7.59. The van der Waals surface area contributed by atoms with Gasteiger partial charge >= 0.3 is 6.03 Å². The van der Waals surface area contributed by atoms with E-state index in [4.69, 9.17) is 11.6 Å². The highest BCUT2D eigenvalue weighted by Gasteiger charge is 2.26. The summed E-state index contributed by atoms with van der Waals surface area (Å²) in [7, 11) is 0. The van der Waals surface area contributed by atoms with Crippen LogP contribution in [0, 0.1) is 5.82 Å². The topological polar surface area (TPSA) is 125 Å². The van der Waals surface area contributed by atoms with E-state index in [0.717, 1.165) is 12.8 Å². The molecular weight excluding hydrogens is 427 g/mol. The molecule has 12 heteroatoms. The lowest BCUT2D eigenvalue weighted by molar-refractivity contribution is -0.115. The van der Waals surface area contributed by atoms with Crippen molar-refractivity contribution in [2.24, 2.45) is 0 Å². The number of halogens is 2. The van der Waals surface area contributed by atoms with E-state index in [2.05, 4.69) is 36.3 Å². The summed E-state index contributed by atoms with van der Waals surface area (Å²) in [5.41, 5.74) is 1.59. The molecule has 0 unspecified atom stereocenters. The Bertz CT molecular complexity index is 1250. The number of carbonyl (C=O) groups is 2. The third-order valence-electron chi connectivity index (χ3n) is 4.77. The standard InChI is InChI=1S/C19H16ClFN8O2/c20-13-4-1-11(21)5-9(13)7-22-17-26-15-10(6-14-16(30)27-19(31)25-14)8-23-29(15)18(28-17)24-12-2-3-12/h1,4-6,8,12H,2-3,7H2,(H2,22,24,26,28)(H2,25,27,30,31)/b14-6-. The Hall–Kier alpha value is -3.73. The quantitative estimate of drug-likeness (QED) is 0.341. The van der Waals surface area contributed by atoms with Crippen molar-refractivity contribution in [3.05, 3.63) is 52.1 Å². The number of aromatic nitrogens is 4. The predicted molar refractivity (Wildman–Crippen MR) is 111 cm³/mol. The lowest BCUT2D eigenvalue weighted by Gasteiger charge is -2.11. The summed E-state index contributed by atoms with van der Waals surface area (Å²) in [4.78, 5) is 32.2. The molecule has 0 radical (unpaired) electrons. The van der Waals surface area contributed by atoms with E-state index < -0.39 is 17.8 Å². The summed E-state index contributed by atoms with van der Waals surface area (Å²) in [6, 6.07) is 3.83. The largest absolute Gasteiger partial charge is 0.351 e. The lowest BCUT2D eigenvalue weighted by Crippen LogP contribution is -2.22. The van der Waals surface area contributed by atoms with Crippen molar-refractivity contribution in [1.29, 1.82) is 0 Å². The molecule has 0 atom stereocenters. The zero-order valence-corrected chi connectivity index (χ0v) is 16.7. The summed E-state index contributed by atoms with van der Waals surface area (Å²) in [5.74, 6) is -0.176. The van der Waals surface area contributed by atoms with Gasteiger partial charge in [0.15, 0.2) is 5.65 Å². The number of amides is 3. The molecule has 4 N–H and O–H groups in total. The fourth-order valence-electron chi connectivity index (χ4n) is 3.07. The van der Waals surface area contributed by atoms with Gasteiger partial charge in [0, 0.05) is 23.2 Å². The van der Waals surface area contributed by atoms with Gasteiger partial charge < -0.3 is 16.0 Å². The first kappa shape index (κ1) is 19.2. The van der Waals surface area contributed by atoms with Gasteiger partial charge in [0.25, 0.3) is 5.91 Å². The van der Waals surface area contributed by atoms with Crippen LogP contribution in [0.1, 0.15) is 24.0 Å². The molecule has 1 aliphatic carbocycles. The van der Waals surface area contributed by atoms with E-state index in [-0.39, 0.29) is 18.2 Å². The predicted octanol–water partition coefficient (Wildman–Crippen LogP) is 2.28. The molecular formula is C19H16ClFN8O2. The van der Waals surface area contributed by atoms with Gasteiger partial charge in [-0.15, -0.1) is 0 Å². The molecule has 3 amide bonds. The number of rotatable bonds is 6. The highest BCUT2D eigenvalue weighted by atomic mass is 35.5. The number of hydrogen-bond donors (Lipinski definition) is 4. The fourth-order valence-corrected chi connectivity index (χ4v) is 3.25. The van der Waals surface area contributed by atoms with Gasteiger partial charge in [0.2, 0.25) is 11.9 Å². The zero-order chi connectivity index (χ0) is 21.5. The summed E-state index contributed by atoms with van der Waals surface area (Å²) in [5, 5.41) is 15.7. The number of hydrogen-bond acceptors (Lipinski definition) is 7. The molecule has 10 nitrogen and oxygen atoms in total. The minimum absolute atomic E-state index is 0.0938. The fraction of sp³-hybridized carbons (Fsp3) is 0.211. The highest BCUT2D eigenvalue weighted by molar-refractivity contribution is 6.31. The van der Waals surface area contributed by atoms with Gasteiger partial charge in [0.1, 0.15) is 11.5 Å². The van der Waals surface area contributed by atoms with Crippen molar-refractivity contribution in [2.45, 2.75) is 25.4 Å². The third-order valence-corrected chi connectivity index (χ3v) is 5.14. The van der Waals surface area contributed by atoms with Gasteiger partial charge in [-0.05, 0) is 42.7 Å². The number of carbonyl (C=O) groups excluding carboxylic acids is 2. The van der Waals surface area contributed by atoms with Crippen LogP contribution in [0.5, 0.6) is 0 Å². The van der Waals surface area contributed by atoms with Crippen LogP contribution in [-0.2, 0) is 11.3 Å². The van der Waals surface area contributed by atoms with Crippen molar-refractivity contribution < 1.29 is 14.0 Å². The molecule has 0 bridgehead atoms. The van der Waals surface area contributed by atoms with Crippen LogP contribution in [0.3, 0.4) is 0 Å².